The molecular weight excluding hydrogens is 382 g/mol. The van der Waals surface area contributed by atoms with Crippen LogP contribution in [0.25, 0.3) is 5.52 Å². The summed E-state index contributed by atoms with van der Waals surface area (Å²) in [5.74, 6) is 1.32. The monoisotopic (exact) mass is 407 g/mol. The fraction of sp³-hybridized carbons (Fsp3) is 0.381. The van der Waals surface area contributed by atoms with Gasteiger partial charge in [0.2, 0.25) is 0 Å². The molecule has 156 valence electrons. The molecule has 30 heavy (non-hydrogen) atoms. The zero-order valence-electron chi connectivity index (χ0n) is 17.1. The molecule has 3 aromatic heterocycles. The van der Waals surface area contributed by atoms with E-state index < -0.39 is 0 Å². The summed E-state index contributed by atoms with van der Waals surface area (Å²) in [6.45, 7) is 5.66. The van der Waals surface area contributed by atoms with Crippen LogP contribution < -0.4 is 25.2 Å². The number of aromatic nitrogens is 3. The molecule has 2 N–H and O–H groups in total. The molecule has 0 bridgehead atoms. The molecule has 1 atom stereocenters. The van der Waals surface area contributed by atoms with Crippen LogP contribution in [0.3, 0.4) is 0 Å². The predicted molar refractivity (Wildman–Crippen MR) is 116 cm³/mol. The lowest BCUT2D eigenvalue weighted by Gasteiger charge is -2.34. The number of fused-ring (bicyclic) bond motifs is 2. The number of methoxy groups -OCH3 is 1. The van der Waals surface area contributed by atoms with Crippen molar-refractivity contribution in [2.45, 2.75) is 19.4 Å². The number of rotatable bonds is 3. The van der Waals surface area contributed by atoms with E-state index in [0.29, 0.717) is 24.0 Å². The summed E-state index contributed by atoms with van der Waals surface area (Å²) in [7, 11) is 1.59. The normalized spacial score (nSPS) is 18.5. The fourth-order valence-corrected chi connectivity index (χ4v) is 4.39. The van der Waals surface area contributed by atoms with E-state index in [1.807, 2.05) is 6.07 Å². The first kappa shape index (κ1) is 18.7. The van der Waals surface area contributed by atoms with Gasteiger partial charge in [0.25, 0.3) is 0 Å². The van der Waals surface area contributed by atoms with Crippen molar-refractivity contribution in [3.8, 4) is 5.75 Å². The molecular formula is C21H25N7O2. The summed E-state index contributed by atoms with van der Waals surface area (Å²) in [5, 5.41) is 10.7. The minimum atomic E-state index is -0.214. The van der Waals surface area contributed by atoms with Crippen molar-refractivity contribution in [2.24, 2.45) is 0 Å². The van der Waals surface area contributed by atoms with Gasteiger partial charge < -0.3 is 20.3 Å². The van der Waals surface area contributed by atoms with Crippen LogP contribution in [-0.2, 0) is 6.42 Å². The molecule has 3 aromatic rings. The number of urea groups is 1. The van der Waals surface area contributed by atoms with Crippen LogP contribution in [0.4, 0.5) is 22.0 Å². The zero-order valence-corrected chi connectivity index (χ0v) is 17.1. The Labute approximate surface area is 174 Å². The van der Waals surface area contributed by atoms with Crippen molar-refractivity contribution in [1.29, 1.82) is 0 Å². The number of hydrogen-bond acceptors (Lipinski definition) is 6. The molecule has 9 heteroatoms. The van der Waals surface area contributed by atoms with E-state index in [-0.39, 0.29) is 6.03 Å². The van der Waals surface area contributed by atoms with Crippen molar-refractivity contribution in [1.82, 2.24) is 19.9 Å². The maximum absolute atomic E-state index is 13.1. The van der Waals surface area contributed by atoms with Crippen molar-refractivity contribution in [3.63, 3.8) is 0 Å². The average molecular weight is 407 g/mol. The van der Waals surface area contributed by atoms with Gasteiger partial charge in [0, 0.05) is 55.9 Å². The second kappa shape index (κ2) is 7.49. The van der Waals surface area contributed by atoms with E-state index in [1.54, 1.807) is 41.2 Å². The van der Waals surface area contributed by atoms with Gasteiger partial charge in [-0.25, -0.2) is 14.3 Å². The minimum absolute atomic E-state index is 0.214. The quantitative estimate of drug-likeness (QED) is 0.692. The van der Waals surface area contributed by atoms with Gasteiger partial charge in [-0.05, 0) is 31.5 Å². The number of hydrogen-bond donors (Lipinski definition) is 2. The molecule has 0 spiro atoms. The van der Waals surface area contributed by atoms with Crippen molar-refractivity contribution < 1.29 is 9.53 Å². The molecule has 0 aliphatic carbocycles. The highest BCUT2D eigenvalue weighted by atomic mass is 16.5. The number of nitrogens with one attached hydrogen (secondary N) is 2. The molecule has 1 fully saturated rings. The van der Waals surface area contributed by atoms with E-state index in [2.05, 4.69) is 38.6 Å². The Morgan fingerprint density at radius 3 is 3.00 bits per heavy atom. The first-order chi connectivity index (χ1) is 14.7. The molecule has 0 unspecified atom stereocenters. The molecule has 0 saturated carbocycles. The highest BCUT2D eigenvalue weighted by Gasteiger charge is 2.31. The van der Waals surface area contributed by atoms with Crippen molar-refractivity contribution in [2.75, 3.05) is 48.4 Å². The highest BCUT2D eigenvalue weighted by molar-refractivity contribution is 6.04. The Bertz CT molecular complexity index is 1100. The van der Waals surface area contributed by atoms with Crippen LogP contribution in [0.1, 0.15) is 12.5 Å². The minimum Gasteiger partial charge on any atom is -0.492 e. The van der Waals surface area contributed by atoms with E-state index in [1.165, 1.54) is 5.69 Å². The molecule has 5 heterocycles. The van der Waals surface area contributed by atoms with Crippen LogP contribution >= 0.6 is 0 Å². The van der Waals surface area contributed by atoms with Crippen molar-refractivity contribution in [3.05, 3.63) is 42.4 Å². The summed E-state index contributed by atoms with van der Waals surface area (Å²) in [5.41, 5.74) is 3.73. The van der Waals surface area contributed by atoms with Gasteiger partial charge in [0.15, 0.2) is 5.75 Å². The predicted octanol–water partition coefficient (Wildman–Crippen LogP) is 2.13. The second-order valence-electron chi connectivity index (χ2n) is 7.69. The van der Waals surface area contributed by atoms with Gasteiger partial charge in [-0.3, -0.25) is 4.90 Å². The Morgan fingerprint density at radius 1 is 1.27 bits per heavy atom. The SMILES string of the molecule is COc1c(NC(=O)N2CCc3c(N4CCN[C@H](C)C4)ccnc32)ccn2nccc12. The van der Waals surface area contributed by atoms with Gasteiger partial charge in [-0.1, -0.05) is 0 Å². The summed E-state index contributed by atoms with van der Waals surface area (Å²) < 4.78 is 7.25. The maximum Gasteiger partial charge on any atom is 0.327 e. The highest BCUT2D eigenvalue weighted by Crippen LogP contribution is 2.35. The molecule has 0 aromatic carbocycles. The average Bonchev–Trinajstić information content (AvgIpc) is 3.40. The number of nitrogens with zero attached hydrogens (tertiary/aromatic N) is 5. The van der Waals surface area contributed by atoms with Crippen molar-refractivity contribution >= 4 is 28.7 Å². The van der Waals surface area contributed by atoms with E-state index >= 15 is 0 Å². The molecule has 1 saturated heterocycles. The number of pyridine rings is 2. The summed E-state index contributed by atoms with van der Waals surface area (Å²) in [6, 6.07) is 5.93. The van der Waals surface area contributed by atoms with Gasteiger partial charge in [-0.2, -0.15) is 5.10 Å². The lowest BCUT2D eigenvalue weighted by Crippen LogP contribution is -2.49. The molecule has 0 radical (unpaired) electrons. The molecule has 5 rings (SSSR count). The summed E-state index contributed by atoms with van der Waals surface area (Å²) >= 11 is 0. The molecule has 2 aliphatic rings. The zero-order chi connectivity index (χ0) is 20.7. The maximum atomic E-state index is 13.1. The molecule has 2 aliphatic heterocycles. The van der Waals surface area contributed by atoms with E-state index in [4.69, 9.17) is 4.74 Å². The first-order valence-electron chi connectivity index (χ1n) is 10.2. The summed E-state index contributed by atoms with van der Waals surface area (Å²) in [6.07, 6.45) is 6.09. The third-order valence-electron chi connectivity index (χ3n) is 5.78. The smallest absolute Gasteiger partial charge is 0.327 e. The standard InChI is InChI=1S/C21H25N7O2/c1-14-13-26(12-9-22-14)17-3-7-23-20-15(17)5-10-27(20)21(29)25-16-6-11-28-18(4-8-24-28)19(16)30-2/h3-4,6-8,11,14,22H,5,9-10,12-13H2,1-2H3,(H,25,29)/t14-/m1/s1. The molecule has 2 amide bonds. The van der Waals surface area contributed by atoms with E-state index in [0.717, 1.165) is 43.0 Å². The Balaban J connectivity index is 1.41. The lowest BCUT2D eigenvalue weighted by molar-refractivity contribution is 0.257. The third-order valence-corrected chi connectivity index (χ3v) is 5.78. The van der Waals surface area contributed by atoms with Gasteiger partial charge in [0.05, 0.1) is 19.0 Å². The first-order valence-corrected chi connectivity index (χ1v) is 10.2. The van der Waals surface area contributed by atoms with Crippen LogP contribution in [-0.4, -0.2) is 60.0 Å². The van der Waals surface area contributed by atoms with Crippen LogP contribution in [0.15, 0.2) is 36.8 Å². The number of carbonyl (C=O) groups excluding carboxylic acids is 1. The van der Waals surface area contributed by atoms with Crippen LogP contribution in [0, 0.1) is 0 Å². The topological polar surface area (TPSA) is 87.0 Å². The summed E-state index contributed by atoms with van der Waals surface area (Å²) in [4.78, 5) is 21.8. The van der Waals surface area contributed by atoms with Gasteiger partial charge >= 0.3 is 6.03 Å². The largest absolute Gasteiger partial charge is 0.492 e. The Hall–Kier alpha value is -3.33. The van der Waals surface area contributed by atoms with E-state index in [9.17, 15) is 4.79 Å². The van der Waals surface area contributed by atoms with Gasteiger partial charge in [0.1, 0.15) is 11.3 Å². The van der Waals surface area contributed by atoms with Gasteiger partial charge in [-0.15, -0.1) is 0 Å². The fourth-order valence-electron chi connectivity index (χ4n) is 4.39. The molecule has 9 nitrogen and oxygen atoms in total. The van der Waals surface area contributed by atoms with Crippen LogP contribution in [0.2, 0.25) is 0 Å². The number of anilines is 3. The number of ether oxygens (including phenoxy) is 1. The lowest BCUT2D eigenvalue weighted by atomic mass is 10.1. The van der Waals surface area contributed by atoms with Crippen LogP contribution in [0.5, 0.6) is 5.75 Å². The Morgan fingerprint density at radius 2 is 2.17 bits per heavy atom. The number of piperazine rings is 1. The second-order valence-corrected chi connectivity index (χ2v) is 7.69. The third kappa shape index (κ3) is 3.11. The number of amides is 2. The Kier molecular flexibility index (Phi) is 4.66. The number of carbonyl (C=O) groups is 1.